The van der Waals surface area contributed by atoms with Gasteiger partial charge in [-0.1, -0.05) is 22.0 Å². The Balaban J connectivity index is 2.21. The molecule has 1 heterocycles. The summed E-state index contributed by atoms with van der Waals surface area (Å²) < 4.78 is 11.6. The Morgan fingerprint density at radius 2 is 2.09 bits per heavy atom. The summed E-state index contributed by atoms with van der Waals surface area (Å²) in [5.41, 5.74) is 8.07. The number of nitrogens with zero attached hydrogens (tertiary/aromatic N) is 1. The Hall–Kier alpha value is -2.52. The van der Waals surface area contributed by atoms with Gasteiger partial charge in [-0.05, 0) is 29.8 Å². The number of halogens is 1. The molecule has 2 unspecified atom stereocenters. The van der Waals surface area contributed by atoms with Gasteiger partial charge in [-0.25, -0.2) is 0 Å². The lowest BCUT2D eigenvalue weighted by atomic mass is 9.79. The van der Waals surface area contributed by atoms with E-state index in [1.165, 1.54) is 0 Å². The molecule has 0 bridgehead atoms. The topological polar surface area (TPSA) is 92.1 Å². The van der Waals surface area contributed by atoms with Crippen LogP contribution in [-0.2, 0) is 0 Å². The van der Waals surface area contributed by atoms with E-state index in [9.17, 15) is 5.26 Å². The first-order valence-corrected chi connectivity index (χ1v) is 7.72. The van der Waals surface area contributed by atoms with E-state index < -0.39 is 5.92 Å². The molecule has 0 saturated carbocycles. The molecule has 116 valence electrons. The number of methoxy groups -OCH3 is 1. The summed E-state index contributed by atoms with van der Waals surface area (Å²) >= 11 is 3.46. The first-order chi connectivity index (χ1) is 11.0. The number of fused-ring (bicyclic) bond motifs is 1. The minimum atomic E-state index is -0.704. The summed E-state index contributed by atoms with van der Waals surface area (Å²) in [6.07, 6.45) is 0. The second-order valence-corrected chi connectivity index (χ2v) is 6.19. The van der Waals surface area contributed by atoms with Gasteiger partial charge < -0.3 is 15.2 Å². The Kier molecular flexibility index (Phi) is 3.97. The first kappa shape index (κ1) is 15.4. The number of anilines is 1. The van der Waals surface area contributed by atoms with E-state index in [0.717, 1.165) is 15.6 Å². The Morgan fingerprint density at radius 3 is 2.78 bits per heavy atom. The van der Waals surface area contributed by atoms with Gasteiger partial charge in [0.25, 0.3) is 0 Å². The molecule has 2 aromatic carbocycles. The second-order valence-electron chi connectivity index (χ2n) is 5.27. The molecule has 2 aromatic rings. The summed E-state index contributed by atoms with van der Waals surface area (Å²) in [7, 11) is 1.59. The van der Waals surface area contributed by atoms with Crippen LogP contribution in [-0.4, -0.2) is 13.0 Å². The number of benzene rings is 2. The standard InChI is InChI=1S/C17H14BrN3O2/c1-22-12-5-9(4-10(18)6-12)16-13-3-2-11(20)7-15(13)23-17(21)14(16)8-19/h2-7,14,16,21H,20H2,1H3. The minimum absolute atomic E-state index is 0.0745. The van der Waals surface area contributed by atoms with Gasteiger partial charge >= 0.3 is 0 Å². The van der Waals surface area contributed by atoms with Crippen LogP contribution in [0.3, 0.4) is 0 Å². The molecule has 6 heteroatoms. The van der Waals surface area contributed by atoms with Crippen LogP contribution in [0.2, 0.25) is 0 Å². The number of nitrogens with two attached hydrogens (primary N) is 1. The van der Waals surface area contributed by atoms with Crippen molar-refractivity contribution in [3.8, 4) is 17.6 Å². The van der Waals surface area contributed by atoms with Crippen LogP contribution >= 0.6 is 15.9 Å². The van der Waals surface area contributed by atoms with Crippen molar-refractivity contribution in [2.24, 2.45) is 5.92 Å². The van der Waals surface area contributed by atoms with E-state index in [1.807, 2.05) is 24.3 Å². The normalized spacial score (nSPS) is 19.4. The number of nitrogens with one attached hydrogen (secondary N) is 1. The minimum Gasteiger partial charge on any atom is -0.497 e. The number of ether oxygens (including phenoxy) is 2. The smallest absolute Gasteiger partial charge is 0.205 e. The van der Waals surface area contributed by atoms with Crippen molar-refractivity contribution in [1.82, 2.24) is 0 Å². The van der Waals surface area contributed by atoms with Gasteiger partial charge in [-0.3, -0.25) is 5.41 Å². The lowest BCUT2D eigenvalue weighted by Gasteiger charge is -2.30. The van der Waals surface area contributed by atoms with Crippen LogP contribution in [0.5, 0.6) is 11.5 Å². The third-order valence-electron chi connectivity index (χ3n) is 3.84. The molecule has 3 rings (SSSR count). The Morgan fingerprint density at radius 1 is 1.30 bits per heavy atom. The van der Waals surface area contributed by atoms with Gasteiger partial charge in [-0.15, -0.1) is 0 Å². The number of hydrogen-bond acceptors (Lipinski definition) is 5. The predicted molar refractivity (Wildman–Crippen MR) is 90.8 cm³/mol. The molecule has 2 atom stereocenters. The van der Waals surface area contributed by atoms with Crippen LogP contribution in [0.4, 0.5) is 5.69 Å². The largest absolute Gasteiger partial charge is 0.497 e. The van der Waals surface area contributed by atoms with Crippen molar-refractivity contribution in [2.75, 3.05) is 12.8 Å². The molecular weight excluding hydrogens is 358 g/mol. The molecule has 0 amide bonds. The van der Waals surface area contributed by atoms with Crippen molar-refractivity contribution >= 4 is 27.5 Å². The third-order valence-corrected chi connectivity index (χ3v) is 4.29. The quantitative estimate of drug-likeness (QED) is 0.787. The highest BCUT2D eigenvalue weighted by Crippen LogP contribution is 2.44. The second kappa shape index (κ2) is 5.94. The van der Waals surface area contributed by atoms with E-state index in [0.29, 0.717) is 17.2 Å². The summed E-state index contributed by atoms with van der Waals surface area (Å²) in [6.45, 7) is 0. The van der Waals surface area contributed by atoms with E-state index in [2.05, 4.69) is 22.0 Å². The van der Waals surface area contributed by atoms with E-state index in [-0.39, 0.29) is 11.8 Å². The van der Waals surface area contributed by atoms with Crippen molar-refractivity contribution in [3.63, 3.8) is 0 Å². The fraction of sp³-hybridized carbons (Fsp3) is 0.176. The zero-order valence-corrected chi connectivity index (χ0v) is 13.9. The maximum Gasteiger partial charge on any atom is 0.205 e. The van der Waals surface area contributed by atoms with Gasteiger partial charge in [0.15, 0.2) is 0 Å². The highest BCUT2D eigenvalue weighted by Gasteiger charge is 2.37. The van der Waals surface area contributed by atoms with E-state index >= 15 is 0 Å². The highest BCUT2D eigenvalue weighted by molar-refractivity contribution is 9.10. The molecule has 1 aliphatic heterocycles. The number of hydrogen-bond donors (Lipinski definition) is 2. The van der Waals surface area contributed by atoms with Crippen LogP contribution in [0, 0.1) is 22.7 Å². The van der Waals surface area contributed by atoms with Gasteiger partial charge in [0, 0.05) is 27.7 Å². The number of nitriles is 1. The molecule has 0 spiro atoms. The van der Waals surface area contributed by atoms with Crippen molar-refractivity contribution in [2.45, 2.75) is 5.92 Å². The average Bonchev–Trinajstić information content (AvgIpc) is 2.52. The van der Waals surface area contributed by atoms with Crippen LogP contribution < -0.4 is 15.2 Å². The zero-order chi connectivity index (χ0) is 16.6. The lowest BCUT2D eigenvalue weighted by Crippen LogP contribution is -2.31. The molecule has 0 radical (unpaired) electrons. The van der Waals surface area contributed by atoms with E-state index in [4.69, 9.17) is 20.6 Å². The molecule has 23 heavy (non-hydrogen) atoms. The molecule has 0 aliphatic carbocycles. The van der Waals surface area contributed by atoms with Crippen LogP contribution in [0.15, 0.2) is 40.9 Å². The van der Waals surface area contributed by atoms with Crippen molar-refractivity contribution in [3.05, 3.63) is 52.0 Å². The SMILES string of the molecule is COc1cc(Br)cc(C2c3ccc(N)cc3OC(=N)C2C#N)c1. The third kappa shape index (κ3) is 2.76. The average molecular weight is 372 g/mol. The van der Waals surface area contributed by atoms with Gasteiger partial charge in [0.05, 0.1) is 13.2 Å². The lowest BCUT2D eigenvalue weighted by molar-refractivity contribution is 0.412. The molecule has 3 N–H and O–H groups in total. The number of nitrogen functional groups attached to an aromatic ring is 1. The predicted octanol–water partition coefficient (Wildman–Crippen LogP) is 3.68. The van der Waals surface area contributed by atoms with Gasteiger partial charge in [0.1, 0.15) is 17.4 Å². The Labute approximate surface area is 142 Å². The van der Waals surface area contributed by atoms with Gasteiger partial charge in [0.2, 0.25) is 5.90 Å². The summed E-state index contributed by atoms with van der Waals surface area (Å²) in [5.74, 6) is 0.106. The first-order valence-electron chi connectivity index (χ1n) is 6.93. The molecule has 5 nitrogen and oxygen atoms in total. The summed E-state index contributed by atoms with van der Waals surface area (Å²) in [4.78, 5) is 0. The van der Waals surface area contributed by atoms with E-state index in [1.54, 1.807) is 19.2 Å². The van der Waals surface area contributed by atoms with Crippen LogP contribution in [0.25, 0.3) is 0 Å². The fourth-order valence-electron chi connectivity index (χ4n) is 2.80. The number of rotatable bonds is 2. The molecule has 1 aliphatic rings. The maximum atomic E-state index is 9.53. The van der Waals surface area contributed by atoms with Crippen molar-refractivity contribution in [1.29, 1.82) is 10.7 Å². The molecule has 0 saturated heterocycles. The Bertz CT molecular complexity index is 829. The highest BCUT2D eigenvalue weighted by atomic mass is 79.9. The summed E-state index contributed by atoms with van der Waals surface area (Å²) in [5, 5.41) is 17.6. The zero-order valence-electron chi connectivity index (χ0n) is 12.3. The molecule has 0 aromatic heterocycles. The van der Waals surface area contributed by atoms with Gasteiger partial charge in [-0.2, -0.15) is 5.26 Å². The van der Waals surface area contributed by atoms with Crippen molar-refractivity contribution < 1.29 is 9.47 Å². The van der Waals surface area contributed by atoms with Crippen LogP contribution in [0.1, 0.15) is 17.0 Å². The molecular formula is C17H14BrN3O2. The fourth-order valence-corrected chi connectivity index (χ4v) is 3.29. The maximum absolute atomic E-state index is 9.53. The summed E-state index contributed by atoms with van der Waals surface area (Å²) in [6, 6.07) is 13.1. The molecule has 0 fully saturated rings. The monoisotopic (exact) mass is 371 g/mol.